The van der Waals surface area contributed by atoms with Crippen LogP contribution in [0, 0.1) is 0 Å². The van der Waals surface area contributed by atoms with Gasteiger partial charge in [-0.1, -0.05) is 0 Å². The highest BCUT2D eigenvalue weighted by Gasteiger charge is 2.03. The minimum absolute atomic E-state index is 0.587. The lowest BCUT2D eigenvalue weighted by molar-refractivity contribution is 0.355. The lowest BCUT2D eigenvalue weighted by Gasteiger charge is -2.07. The largest absolute Gasteiger partial charge is 0.493 e. The molecule has 8 nitrogen and oxygen atoms in total. The van der Waals surface area contributed by atoms with E-state index >= 15 is 0 Å². The van der Waals surface area contributed by atoms with Crippen LogP contribution in [0.4, 0.5) is 5.82 Å². The Morgan fingerprint density at radius 3 is 2.82 bits per heavy atom. The molecule has 3 rings (SSSR count). The van der Waals surface area contributed by atoms with Crippen LogP contribution in [-0.4, -0.2) is 40.2 Å². The van der Waals surface area contributed by atoms with Crippen molar-refractivity contribution in [2.75, 3.05) is 19.6 Å². The van der Waals surface area contributed by atoms with Crippen LogP contribution in [0.1, 0.15) is 5.56 Å². The second-order valence-corrected chi connectivity index (χ2v) is 4.34. The van der Waals surface area contributed by atoms with Gasteiger partial charge in [0.15, 0.2) is 23.0 Å². The highest BCUT2D eigenvalue weighted by Crippen LogP contribution is 2.26. The molecule has 2 heterocycles. The van der Waals surface area contributed by atoms with E-state index in [1.54, 1.807) is 37.1 Å². The van der Waals surface area contributed by atoms with E-state index in [0.717, 1.165) is 5.56 Å². The second-order valence-electron chi connectivity index (χ2n) is 4.34. The average Bonchev–Trinajstić information content (AvgIpc) is 3.02. The average molecular weight is 298 g/mol. The SMILES string of the molecule is COc1ccc(/C=N/Nc2ccc3nncn3n2)cc1OC. The molecule has 1 aromatic carbocycles. The van der Waals surface area contributed by atoms with Gasteiger partial charge in [-0.05, 0) is 35.9 Å². The van der Waals surface area contributed by atoms with Crippen molar-refractivity contribution in [3.8, 4) is 11.5 Å². The molecule has 8 heteroatoms. The highest BCUT2D eigenvalue weighted by atomic mass is 16.5. The van der Waals surface area contributed by atoms with Crippen LogP contribution in [0.15, 0.2) is 41.8 Å². The molecule has 22 heavy (non-hydrogen) atoms. The number of ether oxygens (including phenoxy) is 2. The molecule has 2 aromatic heterocycles. The number of hydrogen-bond donors (Lipinski definition) is 1. The van der Waals surface area contributed by atoms with E-state index in [1.807, 2.05) is 18.2 Å². The van der Waals surface area contributed by atoms with Gasteiger partial charge in [-0.15, -0.1) is 15.3 Å². The standard InChI is InChI=1S/C14H14N6O2/c1-21-11-4-3-10(7-12(11)22-2)8-15-17-13-5-6-14-18-16-9-20(14)19-13/h3-9H,1-2H3,(H,17,19)/b15-8+. The lowest BCUT2D eigenvalue weighted by atomic mass is 10.2. The second kappa shape index (κ2) is 6.08. The van der Waals surface area contributed by atoms with Gasteiger partial charge in [0, 0.05) is 0 Å². The summed E-state index contributed by atoms with van der Waals surface area (Å²) in [5.74, 6) is 1.91. The summed E-state index contributed by atoms with van der Waals surface area (Å²) in [5, 5.41) is 16.0. The van der Waals surface area contributed by atoms with E-state index < -0.39 is 0 Å². The highest BCUT2D eigenvalue weighted by molar-refractivity contribution is 5.81. The van der Waals surface area contributed by atoms with Gasteiger partial charge >= 0.3 is 0 Å². The van der Waals surface area contributed by atoms with Gasteiger partial charge in [0.05, 0.1) is 20.4 Å². The summed E-state index contributed by atoms with van der Waals surface area (Å²) >= 11 is 0. The van der Waals surface area contributed by atoms with Crippen molar-refractivity contribution in [3.63, 3.8) is 0 Å². The number of benzene rings is 1. The van der Waals surface area contributed by atoms with Crippen LogP contribution in [-0.2, 0) is 0 Å². The maximum absolute atomic E-state index is 5.24. The van der Waals surface area contributed by atoms with Crippen molar-refractivity contribution in [2.24, 2.45) is 5.10 Å². The number of nitrogens with one attached hydrogen (secondary N) is 1. The molecule has 0 amide bonds. The molecular formula is C14H14N6O2. The molecule has 1 N–H and O–H groups in total. The van der Waals surface area contributed by atoms with E-state index in [9.17, 15) is 0 Å². The number of hydrogen-bond acceptors (Lipinski definition) is 7. The maximum Gasteiger partial charge on any atom is 0.177 e. The van der Waals surface area contributed by atoms with Gasteiger partial charge in [0.25, 0.3) is 0 Å². The molecule has 0 aliphatic carbocycles. The van der Waals surface area contributed by atoms with E-state index in [0.29, 0.717) is 23.0 Å². The predicted octanol–water partition coefficient (Wildman–Crippen LogP) is 1.59. The first kappa shape index (κ1) is 13.8. The van der Waals surface area contributed by atoms with E-state index in [2.05, 4.69) is 25.8 Å². The number of hydrazone groups is 1. The van der Waals surface area contributed by atoms with Crippen molar-refractivity contribution in [3.05, 3.63) is 42.2 Å². The van der Waals surface area contributed by atoms with Crippen molar-refractivity contribution in [1.82, 2.24) is 19.8 Å². The van der Waals surface area contributed by atoms with Gasteiger partial charge in [-0.25, -0.2) is 0 Å². The summed E-state index contributed by atoms with van der Waals surface area (Å²) in [6.07, 6.45) is 3.19. The Morgan fingerprint density at radius 2 is 2.00 bits per heavy atom. The van der Waals surface area contributed by atoms with Gasteiger partial charge in [0.1, 0.15) is 6.33 Å². The zero-order valence-electron chi connectivity index (χ0n) is 12.1. The molecule has 0 aliphatic heterocycles. The Morgan fingerprint density at radius 1 is 1.14 bits per heavy atom. The van der Waals surface area contributed by atoms with Crippen molar-refractivity contribution < 1.29 is 9.47 Å². The molecular weight excluding hydrogens is 284 g/mol. The predicted molar refractivity (Wildman–Crippen MR) is 81.5 cm³/mol. The number of rotatable bonds is 5. The number of anilines is 1. The maximum atomic E-state index is 5.24. The third-order valence-corrected chi connectivity index (χ3v) is 2.96. The number of nitrogens with zero attached hydrogens (tertiary/aromatic N) is 5. The minimum Gasteiger partial charge on any atom is -0.493 e. The summed E-state index contributed by atoms with van der Waals surface area (Å²) in [7, 11) is 3.19. The zero-order chi connectivity index (χ0) is 15.4. The minimum atomic E-state index is 0.587. The van der Waals surface area contributed by atoms with Gasteiger partial charge in [0.2, 0.25) is 0 Å². The van der Waals surface area contributed by atoms with E-state index in [-0.39, 0.29) is 0 Å². The fraction of sp³-hybridized carbons (Fsp3) is 0.143. The van der Waals surface area contributed by atoms with Gasteiger partial charge in [-0.3, -0.25) is 5.43 Å². The Kier molecular flexibility index (Phi) is 3.82. The smallest absolute Gasteiger partial charge is 0.177 e. The summed E-state index contributed by atoms with van der Waals surface area (Å²) in [6, 6.07) is 9.11. The Balaban J connectivity index is 1.73. The lowest BCUT2D eigenvalue weighted by Crippen LogP contribution is -1.98. The summed E-state index contributed by atoms with van der Waals surface area (Å²) < 4.78 is 12.0. The molecule has 0 saturated heterocycles. The van der Waals surface area contributed by atoms with Crippen LogP contribution < -0.4 is 14.9 Å². The molecule has 0 bridgehead atoms. The van der Waals surface area contributed by atoms with Crippen LogP contribution in [0.2, 0.25) is 0 Å². The fourth-order valence-corrected chi connectivity index (χ4v) is 1.89. The van der Waals surface area contributed by atoms with E-state index in [4.69, 9.17) is 9.47 Å². The monoisotopic (exact) mass is 298 g/mol. The zero-order valence-corrected chi connectivity index (χ0v) is 12.1. The van der Waals surface area contributed by atoms with Crippen LogP contribution >= 0.6 is 0 Å². The van der Waals surface area contributed by atoms with Gasteiger partial charge < -0.3 is 9.47 Å². The topological polar surface area (TPSA) is 85.9 Å². The molecule has 0 radical (unpaired) electrons. The molecule has 112 valence electrons. The third kappa shape index (κ3) is 2.80. The van der Waals surface area contributed by atoms with Gasteiger partial charge in [-0.2, -0.15) is 9.62 Å². The first-order valence-corrected chi connectivity index (χ1v) is 6.48. The molecule has 0 fully saturated rings. The molecule has 0 unspecified atom stereocenters. The Hall–Kier alpha value is -3.16. The van der Waals surface area contributed by atoms with E-state index in [1.165, 1.54) is 6.33 Å². The van der Waals surface area contributed by atoms with Crippen molar-refractivity contribution in [1.29, 1.82) is 0 Å². The summed E-state index contributed by atoms with van der Waals surface area (Å²) in [4.78, 5) is 0. The molecule has 3 aromatic rings. The Labute approximate surface area is 126 Å². The molecule has 0 atom stereocenters. The fourth-order valence-electron chi connectivity index (χ4n) is 1.89. The number of aromatic nitrogens is 4. The number of fused-ring (bicyclic) bond motifs is 1. The van der Waals surface area contributed by atoms with Crippen LogP contribution in [0.3, 0.4) is 0 Å². The first-order chi connectivity index (χ1) is 10.8. The van der Waals surface area contributed by atoms with Crippen LogP contribution in [0.5, 0.6) is 11.5 Å². The number of methoxy groups -OCH3 is 2. The Bertz CT molecular complexity index is 814. The first-order valence-electron chi connectivity index (χ1n) is 6.48. The quantitative estimate of drug-likeness (QED) is 0.568. The van der Waals surface area contributed by atoms with Crippen LogP contribution in [0.25, 0.3) is 5.65 Å². The molecule has 0 saturated carbocycles. The molecule has 0 spiro atoms. The van der Waals surface area contributed by atoms with Crippen molar-refractivity contribution in [2.45, 2.75) is 0 Å². The van der Waals surface area contributed by atoms with Crippen molar-refractivity contribution >= 4 is 17.7 Å². The normalized spacial score (nSPS) is 11.0. The summed E-state index contributed by atoms with van der Waals surface area (Å²) in [6.45, 7) is 0. The molecule has 0 aliphatic rings. The summed E-state index contributed by atoms with van der Waals surface area (Å²) in [5.41, 5.74) is 4.40. The third-order valence-electron chi connectivity index (χ3n) is 2.96.